The fourth-order valence-corrected chi connectivity index (χ4v) is 1.75. The number of ketones is 1. The second-order valence-electron chi connectivity index (χ2n) is 3.90. The minimum atomic E-state index is 0.191. The molecule has 0 aromatic heterocycles. The zero-order valence-electron chi connectivity index (χ0n) is 9.70. The molecule has 1 fully saturated rings. The Balaban J connectivity index is 2.62. The van der Waals surface area contributed by atoms with Gasteiger partial charge in [0.2, 0.25) is 0 Å². The summed E-state index contributed by atoms with van der Waals surface area (Å²) in [5, 5.41) is 0. The predicted octanol–water partition coefficient (Wildman–Crippen LogP) is 2.38. The van der Waals surface area contributed by atoms with E-state index in [-0.39, 0.29) is 5.78 Å². The van der Waals surface area contributed by atoms with Gasteiger partial charge in [-0.25, -0.2) is 4.99 Å². The smallest absolute Gasteiger partial charge is 0.133 e. The summed E-state index contributed by atoms with van der Waals surface area (Å²) in [4.78, 5) is 17.5. The largest absolute Gasteiger partial charge is 0.357 e. The molecule has 0 aromatic carbocycles. The minimum Gasteiger partial charge on any atom is -0.357 e. The van der Waals surface area contributed by atoms with Gasteiger partial charge in [0, 0.05) is 25.7 Å². The molecular formula is C12H20N2O. The zero-order valence-corrected chi connectivity index (χ0v) is 9.70. The molecule has 0 spiro atoms. The van der Waals surface area contributed by atoms with Crippen LogP contribution in [0.4, 0.5) is 0 Å². The van der Waals surface area contributed by atoms with Crippen LogP contribution in [0.3, 0.4) is 0 Å². The highest BCUT2D eigenvalue weighted by molar-refractivity contribution is 5.77. The zero-order chi connectivity index (χ0) is 11.1. The van der Waals surface area contributed by atoms with Crippen molar-refractivity contribution in [1.29, 1.82) is 0 Å². The second-order valence-corrected chi connectivity index (χ2v) is 3.90. The molecule has 0 unspecified atom stereocenters. The van der Waals surface area contributed by atoms with Gasteiger partial charge < -0.3 is 4.90 Å². The molecule has 0 saturated carbocycles. The van der Waals surface area contributed by atoms with Crippen LogP contribution < -0.4 is 0 Å². The molecule has 0 aromatic rings. The average Bonchev–Trinajstić information content (AvgIpc) is 2.25. The first-order chi connectivity index (χ1) is 7.24. The Hall–Kier alpha value is -1.12. The Morgan fingerprint density at radius 2 is 2.00 bits per heavy atom. The number of allylic oxidation sites excluding steroid dienone is 1. The maximum Gasteiger partial charge on any atom is 0.133 e. The number of hydrogen-bond acceptors (Lipinski definition) is 3. The van der Waals surface area contributed by atoms with E-state index in [1.807, 2.05) is 13.0 Å². The van der Waals surface area contributed by atoms with Crippen LogP contribution in [0.15, 0.2) is 16.9 Å². The van der Waals surface area contributed by atoms with Gasteiger partial charge in [0.1, 0.15) is 11.6 Å². The lowest BCUT2D eigenvalue weighted by Gasteiger charge is -2.28. The third-order valence-electron chi connectivity index (χ3n) is 2.51. The Morgan fingerprint density at radius 1 is 1.33 bits per heavy atom. The first-order valence-corrected chi connectivity index (χ1v) is 5.67. The lowest BCUT2D eigenvalue weighted by Crippen LogP contribution is -2.28. The average molecular weight is 208 g/mol. The molecule has 0 bridgehead atoms. The van der Waals surface area contributed by atoms with Crippen LogP contribution in [-0.2, 0) is 4.79 Å². The molecule has 1 heterocycles. The van der Waals surface area contributed by atoms with E-state index in [2.05, 4.69) is 9.89 Å². The van der Waals surface area contributed by atoms with Crippen LogP contribution in [0.2, 0.25) is 0 Å². The maximum atomic E-state index is 10.9. The number of hydrogen-bond donors (Lipinski definition) is 0. The van der Waals surface area contributed by atoms with Crippen LogP contribution in [-0.4, -0.2) is 30.0 Å². The molecule has 0 atom stereocenters. The van der Waals surface area contributed by atoms with Gasteiger partial charge in [-0.2, -0.15) is 0 Å². The van der Waals surface area contributed by atoms with Gasteiger partial charge in [0.25, 0.3) is 0 Å². The number of aliphatic imine (C=N–C) groups is 1. The number of carbonyl (C=O) groups is 1. The van der Waals surface area contributed by atoms with Gasteiger partial charge in [-0.1, -0.05) is 0 Å². The molecule has 0 amide bonds. The first kappa shape index (κ1) is 12.0. The molecule has 1 saturated heterocycles. The maximum absolute atomic E-state index is 10.9. The normalized spacial score (nSPS) is 18.5. The van der Waals surface area contributed by atoms with Crippen molar-refractivity contribution in [3.63, 3.8) is 0 Å². The van der Waals surface area contributed by atoms with Crippen LogP contribution in [0.5, 0.6) is 0 Å². The molecule has 1 rings (SSSR count). The van der Waals surface area contributed by atoms with Crippen molar-refractivity contribution >= 4 is 12.0 Å². The minimum absolute atomic E-state index is 0.191. The Labute approximate surface area is 91.9 Å². The summed E-state index contributed by atoms with van der Waals surface area (Å²) in [5.41, 5.74) is 0. The van der Waals surface area contributed by atoms with Gasteiger partial charge >= 0.3 is 0 Å². The Morgan fingerprint density at radius 3 is 2.53 bits per heavy atom. The highest BCUT2D eigenvalue weighted by Crippen LogP contribution is 2.15. The van der Waals surface area contributed by atoms with E-state index in [0.717, 1.165) is 18.9 Å². The van der Waals surface area contributed by atoms with Gasteiger partial charge in [0.05, 0.1) is 0 Å². The van der Waals surface area contributed by atoms with Gasteiger partial charge in [-0.05, 0) is 39.2 Å². The summed E-state index contributed by atoms with van der Waals surface area (Å²) in [6.45, 7) is 5.66. The van der Waals surface area contributed by atoms with E-state index in [0.29, 0.717) is 6.42 Å². The molecule has 3 heteroatoms. The van der Waals surface area contributed by atoms with Crippen molar-refractivity contribution in [2.24, 2.45) is 4.99 Å². The number of rotatable bonds is 4. The molecule has 0 aliphatic carbocycles. The van der Waals surface area contributed by atoms with Crippen LogP contribution >= 0.6 is 0 Å². The van der Waals surface area contributed by atoms with Crippen LogP contribution in [0, 0.1) is 0 Å². The van der Waals surface area contributed by atoms with Crippen molar-refractivity contribution in [1.82, 2.24) is 4.90 Å². The van der Waals surface area contributed by atoms with Gasteiger partial charge in [0.15, 0.2) is 0 Å². The summed E-state index contributed by atoms with van der Waals surface area (Å²) in [6.07, 6.45) is 8.00. The number of piperidine rings is 1. The second kappa shape index (κ2) is 6.38. The molecule has 1 aliphatic heterocycles. The summed E-state index contributed by atoms with van der Waals surface area (Å²) >= 11 is 0. The van der Waals surface area contributed by atoms with Gasteiger partial charge in [-0.3, -0.25) is 4.79 Å². The Kier molecular flexibility index (Phi) is 5.08. The fourth-order valence-electron chi connectivity index (χ4n) is 1.75. The van der Waals surface area contributed by atoms with E-state index in [9.17, 15) is 4.79 Å². The number of Topliss-reactive ketones (excluding diaryl/α,β-unsaturated/α-hetero) is 1. The summed E-state index contributed by atoms with van der Waals surface area (Å²) < 4.78 is 0. The highest BCUT2D eigenvalue weighted by atomic mass is 16.1. The van der Waals surface area contributed by atoms with Crippen LogP contribution in [0.25, 0.3) is 0 Å². The predicted molar refractivity (Wildman–Crippen MR) is 63.0 cm³/mol. The van der Waals surface area contributed by atoms with Gasteiger partial charge in [-0.15, -0.1) is 0 Å². The van der Waals surface area contributed by atoms with Crippen molar-refractivity contribution < 1.29 is 4.79 Å². The number of likely N-dealkylation sites (tertiary alicyclic amines) is 1. The van der Waals surface area contributed by atoms with E-state index in [1.54, 1.807) is 13.1 Å². The standard InChI is InChI=1S/C12H20N2O/c1-3-13-12(8-7-11(2)15)14-9-5-4-6-10-14/h3,8H,4-7,9-10H2,1-2H3/b12-8+,13-3?. The summed E-state index contributed by atoms with van der Waals surface area (Å²) in [7, 11) is 0. The van der Waals surface area contributed by atoms with Crippen LogP contribution in [0.1, 0.15) is 39.5 Å². The number of nitrogens with zero attached hydrogens (tertiary/aromatic N) is 2. The van der Waals surface area contributed by atoms with E-state index in [4.69, 9.17) is 0 Å². The van der Waals surface area contributed by atoms with E-state index < -0.39 is 0 Å². The van der Waals surface area contributed by atoms with E-state index >= 15 is 0 Å². The first-order valence-electron chi connectivity index (χ1n) is 5.67. The molecule has 84 valence electrons. The molecule has 0 radical (unpaired) electrons. The van der Waals surface area contributed by atoms with E-state index in [1.165, 1.54) is 19.3 Å². The third kappa shape index (κ3) is 4.28. The lowest BCUT2D eigenvalue weighted by molar-refractivity contribution is -0.116. The molecule has 0 N–H and O–H groups in total. The van der Waals surface area contributed by atoms with Crippen molar-refractivity contribution in [3.05, 3.63) is 11.9 Å². The van der Waals surface area contributed by atoms with Crippen molar-refractivity contribution in [2.75, 3.05) is 13.1 Å². The topological polar surface area (TPSA) is 32.7 Å². The summed E-state index contributed by atoms with van der Waals surface area (Å²) in [6, 6.07) is 0. The molecular weight excluding hydrogens is 188 g/mol. The van der Waals surface area contributed by atoms with Crippen molar-refractivity contribution in [3.8, 4) is 0 Å². The highest BCUT2D eigenvalue weighted by Gasteiger charge is 2.12. The number of carbonyl (C=O) groups excluding carboxylic acids is 1. The quantitative estimate of drug-likeness (QED) is 0.664. The van der Waals surface area contributed by atoms with Crippen molar-refractivity contribution in [2.45, 2.75) is 39.5 Å². The lowest BCUT2D eigenvalue weighted by atomic mass is 10.1. The Bertz CT molecular complexity index is 263. The molecule has 15 heavy (non-hydrogen) atoms. The summed E-state index contributed by atoms with van der Waals surface area (Å²) in [5.74, 6) is 1.16. The fraction of sp³-hybridized carbons (Fsp3) is 0.667. The third-order valence-corrected chi connectivity index (χ3v) is 2.51. The molecule has 3 nitrogen and oxygen atoms in total. The SMILES string of the molecule is CC=N/C(=C\CC(C)=O)N1CCCCC1. The monoisotopic (exact) mass is 208 g/mol. The molecule has 1 aliphatic rings.